The lowest BCUT2D eigenvalue weighted by Crippen LogP contribution is -2.54. The topological polar surface area (TPSA) is 93.7 Å². The van der Waals surface area contributed by atoms with E-state index in [4.69, 9.17) is 9.47 Å². The third kappa shape index (κ3) is 6.04. The Kier molecular flexibility index (Phi) is 7.38. The smallest absolute Gasteiger partial charge is 0.409 e. The number of ketones is 1. The van der Waals surface area contributed by atoms with Crippen LogP contribution in [-0.2, 0) is 14.3 Å². The van der Waals surface area contributed by atoms with Crippen molar-refractivity contribution in [2.24, 2.45) is 5.41 Å². The lowest BCUT2D eigenvalue weighted by Gasteiger charge is -2.29. The zero-order valence-corrected chi connectivity index (χ0v) is 17.1. The second-order valence-corrected chi connectivity index (χ2v) is 8.26. The Labute approximate surface area is 163 Å². The van der Waals surface area contributed by atoms with E-state index < -0.39 is 24.1 Å². The summed E-state index contributed by atoms with van der Waals surface area (Å²) >= 11 is 1.41. The predicted octanol–water partition coefficient (Wildman–Crippen LogP) is 2.89. The van der Waals surface area contributed by atoms with Crippen molar-refractivity contribution < 1.29 is 23.9 Å². The molecule has 150 valence electrons. The van der Waals surface area contributed by atoms with E-state index in [1.54, 1.807) is 16.8 Å². The zero-order valence-electron chi connectivity index (χ0n) is 16.2. The minimum absolute atomic E-state index is 0.00218. The summed E-state index contributed by atoms with van der Waals surface area (Å²) < 4.78 is 10.6. The molecule has 0 spiro atoms. The Morgan fingerprint density at radius 2 is 2.15 bits per heavy atom. The van der Waals surface area contributed by atoms with Gasteiger partial charge in [-0.1, -0.05) is 34.1 Å². The number of carbonyl (C=O) groups excluding carboxylic acids is 3. The zero-order chi connectivity index (χ0) is 20.0. The molecule has 1 aromatic heterocycles. The molecule has 1 aliphatic heterocycles. The summed E-state index contributed by atoms with van der Waals surface area (Å²) in [6, 6.07) is 0.191. The van der Waals surface area contributed by atoms with Crippen molar-refractivity contribution in [3.8, 4) is 5.75 Å². The van der Waals surface area contributed by atoms with Crippen molar-refractivity contribution in [1.82, 2.24) is 10.6 Å². The maximum atomic E-state index is 12.9. The molecule has 7 nitrogen and oxygen atoms in total. The maximum Gasteiger partial charge on any atom is 0.413 e. The van der Waals surface area contributed by atoms with E-state index in [9.17, 15) is 14.4 Å². The standard InChI is InChI=1S/C19H28N2O5S/c1-5-15-16(14(22)10-25-15)21-17(23)13(9-19(3,4)6-2)20-18(24)26-12-7-8-27-11-12/h7-8,11,13,15-16H,5-6,9-10H2,1-4H3,(H,20,24)(H,21,23)/t13-,15?,16?/m0/s1. The Morgan fingerprint density at radius 3 is 2.74 bits per heavy atom. The molecule has 1 aromatic rings. The quantitative estimate of drug-likeness (QED) is 0.705. The van der Waals surface area contributed by atoms with E-state index >= 15 is 0 Å². The highest BCUT2D eigenvalue weighted by molar-refractivity contribution is 7.08. The van der Waals surface area contributed by atoms with Crippen LogP contribution in [0.3, 0.4) is 0 Å². The summed E-state index contributed by atoms with van der Waals surface area (Å²) in [5.41, 5.74) is -0.169. The lowest BCUT2D eigenvalue weighted by molar-refractivity contribution is -0.128. The molecule has 2 N–H and O–H groups in total. The Morgan fingerprint density at radius 1 is 1.41 bits per heavy atom. The molecule has 0 aliphatic carbocycles. The summed E-state index contributed by atoms with van der Waals surface area (Å²) in [5.74, 6) is -0.123. The SMILES string of the molecule is CCC1OCC(=O)C1NC(=O)[C@H](CC(C)(C)CC)NC(=O)Oc1ccsc1. The van der Waals surface area contributed by atoms with Crippen molar-refractivity contribution in [1.29, 1.82) is 0 Å². The van der Waals surface area contributed by atoms with Crippen LogP contribution in [0.5, 0.6) is 5.75 Å². The van der Waals surface area contributed by atoms with Gasteiger partial charge in [0.05, 0.1) is 6.10 Å². The van der Waals surface area contributed by atoms with Crippen LogP contribution in [0.4, 0.5) is 4.79 Å². The van der Waals surface area contributed by atoms with Gasteiger partial charge in [0.2, 0.25) is 5.91 Å². The van der Waals surface area contributed by atoms with Gasteiger partial charge in [-0.3, -0.25) is 9.59 Å². The van der Waals surface area contributed by atoms with E-state index in [1.165, 1.54) is 11.3 Å². The van der Waals surface area contributed by atoms with E-state index in [2.05, 4.69) is 10.6 Å². The number of nitrogens with one attached hydrogen (secondary N) is 2. The fourth-order valence-corrected chi connectivity index (χ4v) is 3.41. The molecule has 27 heavy (non-hydrogen) atoms. The number of thiophene rings is 1. The van der Waals surface area contributed by atoms with Crippen LogP contribution >= 0.6 is 11.3 Å². The second kappa shape index (κ2) is 9.32. The van der Waals surface area contributed by atoms with Gasteiger partial charge in [0.1, 0.15) is 24.4 Å². The number of hydrogen-bond donors (Lipinski definition) is 2. The van der Waals surface area contributed by atoms with Crippen LogP contribution in [0.15, 0.2) is 16.8 Å². The number of carbonyl (C=O) groups is 3. The van der Waals surface area contributed by atoms with Crippen LogP contribution in [0.1, 0.15) is 47.0 Å². The van der Waals surface area contributed by atoms with E-state index in [0.29, 0.717) is 18.6 Å². The van der Waals surface area contributed by atoms with Gasteiger partial charge in [-0.05, 0) is 29.7 Å². The first kappa shape index (κ1) is 21.4. The molecule has 3 atom stereocenters. The van der Waals surface area contributed by atoms with Crippen LogP contribution in [-0.4, -0.2) is 42.6 Å². The molecule has 0 saturated carbocycles. The average molecular weight is 397 g/mol. The number of ether oxygens (including phenoxy) is 2. The monoisotopic (exact) mass is 396 g/mol. The highest BCUT2D eigenvalue weighted by Crippen LogP contribution is 2.27. The van der Waals surface area contributed by atoms with Crippen molar-refractivity contribution in [2.45, 2.75) is 65.1 Å². The molecule has 2 rings (SSSR count). The lowest BCUT2D eigenvalue weighted by atomic mass is 9.83. The Bertz CT molecular complexity index is 659. The van der Waals surface area contributed by atoms with Crippen molar-refractivity contribution in [3.05, 3.63) is 16.8 Å². The first-order chi connectivity index (χ1) is 12.8. The minimum Gasteiger partial charge on any atom is -0.409 e. The Hall–Kier alpha value is -1.93. The molecule has 1 fully saturated rings. The molecule has 0 bridgehead atoms. The van der Waals surface area contributed by atoms with E-state index in [-0.39, 0.29) is 23.9 Å². The molecule has 2 amide bonds. The number of hydrogen-bond acceptors (Lipinski definition) is 6. The molecule has 0 radical (unpaired) electrons. The highest BCUT2D eigenvalue weighted by Gasteiger charge is 2.38. The summed E-state index contributed by atoms with van der Waals surface area (Å²) in [6.07, 6.45) is 0.851. The van der Waals surface area contributed by atoms with Crippen molar-refractivity contribution >= 4 is 29.1 Å². The molecule has 2 unspecified atom stereocenters. The van der Waals surface area contributed by atoms with Crippen LogP contribution < -0.4 is 15.4 Å². The molecule has 1 aliphatic rings. The second-order valence-electron chi connectivity index (χ2n) is 7.48. The molecule has 0 aromatic carbocycles. The summed E-state index contributed by atoms with van der Waals surface area (Å²) in [7, 11) is 0. The van der Waals surface area contributed by atoms with Gasteiger partial charge < -0.3 is 20.1 Å². The van der Waals surface area contributed by atoms with Crippen LogP contribution in [0.25, 0.3) is 0 Å². The average Bonchev–Trinajstić information content (AvgIpc) is 3.24. The summed E-state index contributed by atoms with van der Waals surface area (Å²) in [5, 5.41) is 8.90. The van der Waals surface area contributed by atoms with Gasteiger partial charge in [-0.2, -0.15) is 0 Å². The minimum atomic E-state index is -0.808. The van der Waals surface area contributed by atoms with Crippen LogP contribution in [0.2, 0.25) is 0 Å². The van der Waals surface area contributed by atoms with Gasteiger partial charge in [0, 0.05) is 5.38 Å². The summed E-state index contributed by atoms with van der Waals surface area (Å²) in [6.45, 7) is 7.98. The van der Waals surface area contributed by atoms with E-state index in [1.807, 2.05) is 27.7 Å². The Balaban J connectivity index is 2.07. The number of Topliss-reactive ketones (excluding diaryl/α,β-unsaturated/α-hetero) is 1. The number of rotatable bonds is 8. The molecule has 8 heteroatoms. The van der Waals surface area contributed by atoms with Gasteiger partial charge >= 0.3 is 6.09 Å². The normalized spacial score (nSPS) is 21.0. The summed E-state index contributed by atoms with van der Waals surface area (Å²) in [4.78, 5) is 37.1. The number of amides is 2. The van der Waals surface area contributed by atoms with Gasteiger partial charge in [0.15, 0.2) is 5.78 Å². The van der Waals surface area contributed by atoms with Gasteiger partial charge in [0.25, 0.3) is 0 Å². The maximum absolute atomic E-state index is 12.9. The molecule has 1 saturated heterocycles. The van der Waals surface area contributed by atoms with Crippen molar-refractivity contribution in [3.63, 3.8) is 0 Å². The van der Waals surface area contributed by atoms with E-state index in [0.717, 1.165) is 6.42 Å². The third-order valence-corrected chi connectivity index (χ3v) is 5.55. The molecular formula is C19H28N2O5S. The van der Waals surface area contributed by atoms with Crippen LogP contribution in [0, 0.1) is 5.41 Å². The fourth-order valence-electron chi connectivity index (χ4n) is 2.86. The first-order valence-corrected chi connectivity index (χ1v) is 10.1. The van der Waals surface area contributed by atoms with Crippen molar-refractivity contribution in [2.75, 3.05) is 6.61 Å². The molecule has 2 heterocycles. The molecular weight excluding hydrogens is 368 g/mol. The largest absolute Gasteiger partial charge is 0.413 e. The third-order valence-electron chi connectivity index (χ3n) is 4.89. The predicted molar refractivity (Wildman–Crippen MR) is 103 cm³/mol. The van der Waals surface area contributed by atoms with Gasteiger partial charge in [-0.15, -0.1) is 11.3 Å². The highest BCUT2D eigenvalue weighted by atomic mass is 32.1. The first-order valence-electron chi connectivity index (χ1n) is 9.21. The fraction of sp³-hybridized carbons (Fsp3) is 0.632. The van der Waals surface area contributed by atoms with Gasteiger partial charge in [-0.25, -0.2) is 4.79 Å².